The van der Waals surface area contributed by atoms with E-state index in [0.717, 1.165) is 12.1 Å². The number of hydrogen-bond acceptors (Lipinski definition) is 2. The maximum atomic E-state index is 12.9. The van der Waals surface area contributed by atoms with Gasteiger partial charge in [0, 0.05) is 18.2 Å². The lowest BCUT2D eigenvalue weighted by molar-refractivity contribution is -0.122. The lowest BCUT2D eigenvalue weighted by Crippen LogP contribution is -2.37. The Kier molecular flexibility index (Phi) is 3.03. The summed E-state index contributed by atoms with van der Waals surface area (Å²) in [7, 11) is 0. The third kappa shape index (κ3) is 2.58. The molecule has 2 rings (SSSR count). The van der Waals surface area contributed by atoms with Crippen LogP contribution in [0.1, 0.15) is 12.8 Å². The highest BCUT2D eigenvalue weighted by molar-refractivity contribution is 5.98. The maximum Gasteiger partial charge on any atom is 0.246 e. The quantitative estimate of drug-likeness (QED) is 0.815. The van der Waals surface area contributed by atoms with Crippen LogP contribution in [-0.2, 0) is 9.59 Å². The first-order valence-electron chi connectivity index (χ1n) is 5.11. The molecule has 1 unspecified atom stereocenters. The predicted molar refractivity (Wildman–Crippen MR) is 56.2 cm³/mol. The van der Waals surface area contributed by atoms with Crippen LogP contribution >= 0.6 is 0 Å². The van der Waals surface area contributed by atoms with Crippen LogP contribution in [0.5, 0.6) is 0 Å². The highest BCUT2D eigenvalue weighted by Crippen LogP contribution is 2.15. The third-order valence-corrected chi connectivity index (χ3v) is 2.50. The zero-order valence-electron chi connectivity index (χ0n) is 8.80. The van der Waals surface area contributed by atoms with E-state index >= 15 is 0 Å². The summed E-state index contributed by atoms with van der Waals surface area (Å²) in [5, 5.41) is 4.89. The summed E-state index contributed by atoms with van der Waals surface area (Å²) in [6, 6.07) is 2.48. The molecule has 0 radical (unpaired) electrons. The number of amides is 2. The van der Waals surface area contributed by atoms with Gasteiger partial charge in [-0.05, 0) is 18.6 Å². The molecule has 1 heterocycles. The average Bonchev–Trinajstić information content (AvgIpc) is 2.70. The summed E-state index contributed by atoms with van der Waals surface area (Å²) in [5.41, 5.74) is 0.162. The van der Waals surface area contributed by atoms with Gasteiger partial charge in [-0.2, -0.15) is 0 Å². The molecule has 1 aliphatic heterocycles. The number of anilines is 1. The molecule has 17 heavy (non-hydrogen) atoms. The van der Waals surface area contributed by atoms with E-state index in [1.54, 1.807) is 0 Å². The van der Waals surface area contributed by atoms with Crippen molar-refractivity contribution in [1.82, 2.24) is 5.32 Å². The molecule has 90 valence electrons. The van der Waals surface area contributed by atoms with Gasteiger partial charge >= 0.3 is 0 Å². The first-order chi connectivity index (χ1) is 8.06. The molecule has 2 amide bonds. The summed E-state index contributed by atoms with van der Waals surface area (Å²) in [6.07, 6.45) is 0.713. The van der Waals surface area contributed by atoms with E-state index in [1.165, 1.54) is 6.07 Å². The Balaban J connectivity index is 2.03. The standard InChI is InChI=1S/C11H10F2N2O2/c12-7-2-1-6(5-8(7)13)14-11(17)9-3-4-10(16)15-9/h1-2,5,9H,3-4H2,(H,14,17)(H,15,16). The van der Waals surface area contributed by atoms with Crippen LogP contribution in [0.2, 0.25) is 0 Å². The van der Waals surface area contributed by atoms with Crippen LogP contribution in [0.15, 0.2) is 18.2 Å². The van der Waals surface area contributed by atoms with Crippen molar-refractivity contribution in [2.45, 2.75) is 18.9 Å². The van der Waals surface area contributed by atoms with Gasteiger partial charge in [0.15, 0.2) is 11.6 Å². The van der Waals surface area contributed by atoms with Gasteiger partial charge in [-0.3, -0.25) is 9.59 Å². The molecule has 1 fully saturated rings. The summed E-state index contributed by atoms with van der Waals surface area (Å²) in [5.74, 6) is -2.62. The molecule has 4 nitrogen and oxygen atoms in total. The van der Waals surface area contributed by atoms with Gasteiger partial charge < -0.3 is 10.6 Å². The Morgan fingerprint density at radius 2 is 2.12 bits per heavy atom. The molecule has 6 heteroatoms. The van der Waals surface area contributed by atoms with Gasteiger partial charge in [0.25, 0.3) is 0 Å². The van der Waals surface area contributed by atoms with Crippen molar-refractivity contribution in [1.29, 1.82) is 0 Å². The lowest BCUT2D eigenvalue weighted by Gasteiger charge is -2.10. The first-order valence-corrected chi connectivity index (χ1v) is 5.11. The molecule has 0 aromatic heterocycles. The van der Waals surface area contributed by atoms with E-state index in [2.05, 4.69) is 10.6 Å². The molecular weight excluding hydrogens is 230 g/mol. The molecule has 1 aromatic carbocycles. The minimum atomic E-state index is -1.03. The summed E-state index contributed by atoms with van der Waals surface area (Å²) >= 11 is 0. The predicted octanol–water partition coefficient (Wildman–Crippen LogP) is 1.18. The maximum absolute atomic E-state index is 12.9. The zero-order valence-corrected chi connectivity index (χ0v) is 8.80. The van der Waals surface area contributed by atoms with Gasteiger partial charge in [-0.25, -0.2) is 8.78 Å². The van der Waals surface area contributed by atoms with Crippen molar-refractivity contribution in [3.05, 3.63) is 29.8 Å². The molecule has 0 spiro atoms. The van der Waals surface area contributed by atoms with E-state index in [0.29, 0.717) is 12.8 Å². The second kappa shape index (κ2) is 4.48. The van der Waals surface area contributed by atoms with Crippen LogP contribution in [0.4, 0.5) is 14.5 Å². The first kappa shape index (κ1) is 11.5. The fourth-order valence-corrected chi connectivity index (χ4v) is 1.61. The second-order valence-electron chi connectivity index (χ2n) is 3.78. The van der Waals surface area contributed by atoms with Crippen LogP contribution < -0.4 is 10.6 Å². The number of halogens is 2. The minimum absolute atomic E-state index is 0.162. The minimum Gasteiger partial charge on any atom is -0.344 e. The molecule has 1 saturated heterocycles. The van der Waals surface area contributed by atoms with E-state index in [1.807, 2.05) is 0 Å². The molecule has 1 atom stereocenters. The van der Waals surface area contributed by atoms with Gasteiger partial charge in [0.2, 0.25) is 11.8 Å². The van der Waals surface area contributed by atoms with Crippen molar-refractivity contribution in [3.63, 3.8) is 0 Å². The smallest absolute Gasteiger partial charge is 0.246 e. The zero-order chi connectivity index (χ0) is 12.4. The fourth-order valence-electron chi connectivity index (χ4n) is 1.61. The highest BCUT2D eigenvalue weighted by atomic mass is 19.2. The summed E-state index contributed by atoms with van der Waals surface area (Å²) in [4.78, 5) is 22.5. The monoisotopic (exact) mass is 240 g/mol. The van der Waals surface area contributed by atoms with Crippen LogP contribution in [0, 0.1) is 11.6 Å². The Labute approximate surface area is 96.0 Å². The topological polar surface area (TPSA) is 58.2 Å². The molecule has 0 saturated carbocycles. The number of carbonyl (C=O) groups is 2. The van der Waals surface area contributed by atoms with Crippen molar-refractivity contribution >= 4 is 17.5 Å². The largest absolute Gasteiger partial charge is 0.344 e. The SMILES string of the molecule is O=C1CCC(C(=O)Nc2ccc(F)c(F)c2)N1. The molecule has 0 bridgehead atoms. The molecule has 0 aliphatic carbocycles. The van der Waals surface area contributed by atoms with Gasteiger partial charge in [0.05, 0.1) is 0 Å². The van der Waals surface area contributed by atoms with Crippen LogP contribution in [-0.4, -0.2) is 17.9 Å². The van der Waals surface area contributed by atoms with Crippen molar-refractivity contribution in [2.24, 2.45) is 0 Å². The Hall–Kier alpha value is -1.98. The van der Waals surface area contributed by atoms with Crippen molar-refractivity contribution in [2.75, 3.05) is 5.32 Å². The van der Waals surface area contributed by atoms with Crippen LogP contribution in [0.25, 0.3) is 0 Å². The third-order valence-electron chi connectivity index (χ3n) is 2.50. The Morgan fingerprint density at radius 1 is 1.35 bits per heavy atom. The number of nitrogens with one attached hydrogen (secondary N) is 2. The van der Waals surface area contributed by atoms with Crippen molar-refractivity contribution in [3.8, 4) is 0 Å². The molecule has 1 aliphatic rings. The fraction of sp³-hybridized carbons (Fsp3) is 0.273. The van der Waals surface area contributed by atoms with Gasteiger partial charge in [-0.15, -0.1) is 0 Å². The van der Waals surface area contributed by atoms with Gasteiger partial charge in [-0.1, -0.05) is 0 Å². The molecule has 1 aromatic rings. The highest BCUT2D eigenvalue weighted by Gasteiger charge is 2.27. The normalized spacial score (nSPS) is 18.9. The van der Waals surface area contributed by atoms with Crippen molar-refractivity contribution < 1.29 is 18.4 Å². The second-order valence-corrected chi connectivity index (χ2v) is 3.78. The number of hydrogen-bond donors (Lipinski definition) is 2. The molecule has 2 N–H and O–H groups in total. The Morgan fingerprint density at radius 3 is 2.71 bits per heavy atom. The van der Waals surface area contributed by atoms with Gasteiger partial charge in [0.1, 0.15) is 6.04 Å². The van der Waals surface area contributed by atoms with E-state index in [-0.39, 0.29) is 11.6 Å². The number of carbonyl (C=O) groups excluding carboxylic acids is 2. The lowest BCUT2D eigenvalue weighted by atomic mass is 10.2. The van der Waals surface area contributed by atoms with E-state index in [4.69, 9.17) is 0 Å². The Bertz CT molecular complexity index is 477. The van der Waals surface area contributed by atoms with Crippen LogP contribution in [0.3, 0.4) is 0 Å². The van der Waals surface area contributed by atoms with E-state index < -0.39 is 23.6 Å². The van der Waals surface area contributed by atoms with E-state index in [9.17, 15) is 18.4 Å². The summed E-state index contributed by atoms with van der Waals surface area (Å²) in [6.45, 7) is 0. The molecular formula is C11H10F2N2O2. The number of rotatable bonds is 2. The number of benzene rings is 1. The summed E-state index contributed by atoms with van der Waals surface area (Å²) < 4.78 is 25.5. The average molecular weight is 240 g/mol.